The molecule has 1 aliphatic rings. The van der Waals surface area contributed by atoms with Crippen molar-refractivity contribution in [2.24, 2.45) is 0 Å². The molecule has 94 valence electrons. The number of hydrogen-bond donors (Lipinski definition) is 1. The molecule has 1 rings (SSSR count). The van der Waals surface area contributed by atoms with E-state index in [-0.39, 0.29) is 5.97 Å². The molecule has 1 aliphatic heterocycles. The van der Waals surface area contributed by atoms with Crippen molar-refractivity contribution in [2.75, 3.05) is 27.2 Å². The predicted molar refractivity (Wildman–Crippen MR) is 64.4 cm³/mol. The molecule has 0 bridgehead atoms. The number of carbonyl (C=O) groups excluding carboxylic acids is 1. The maximum absolute atomic E-state index is 11.9. The SMILES string of the molecule is CCC(C)NC1(C(=O)OC)CCN(C)CC1. The van der Waals surface area contributed by atoms with Gasteiger partial charge in [0.15, 0.2) is 0 Å². The molecule has 16 heavy (non-hydrogen) atoms. The fraction of sp³-hybridized carbons (Fsp3) is 0.917. The molecule has 0 amide bonds. The number of hydrogen-bond acceptors (Lipinski definition) is 4. The second-order valence-corrected chi connectivity index (χ2v) is 4.83. The Morgan fingerprint density at radius 3 is 2.50 bits per heavy atom. The van der Waals surface area contributed by atoms with Gasteiger partial charge in [-0.3, -0.25) is 10.1 Å². The van der Waals surface area contributed by atoms with E-state index in [0.29, 0.717) is 6.04 Å². The van der Waals surface area contributed by atoms with Crippen LogP contribution in [0.1, 0.15) is 33.1 Å². The first-order valence-electron chi connectivity index (χ1n) is 6.08. The van der Waals surface area contributed by atoms with Crippen molar-refractivity contribution >= 4 is 5.97 Å². The van der Waals surface area contributed by atoms with Crippen LogP contribution in [-0.2, 0) is 9.53 Å². The van der Waals surface area contributed by atoms with Crippen LogP contribution in [0.4, 0.5) is 0 Å². The summed E-state index contributed by atoms with van der Waals surface area (Å²) in [5.41, 5.74) is -0.462. The van der Waals surface area contributed by atoms with E-state index >= 15 is 0 Å². The van der Waals surface area contributed by atoms with E-state index in [0.717, 1.165) is 32.4 Å². The highest BCUT2D eigenvalue weighted by Gasteiger charge is 2.42. The van der Waals surface area contributed by atoms with Crippen LogP contribution in [-0.4, -0.2) is 49.7 Å². The highest BCUT2D eigenvalue weighted by Crippen LogP contribution is 2.24. The van der Waals surface area contributed by atoms with Crippen molar-refractivity contribution < 1.29 is 9.53 Å². The Morgan fingerprint density at radius 2 is 2.06 bits per heavy atom. The molecule has 0 radical (unpaired) electrons. The van der Waals surface area contributed by atoms with Crippen LogP contribution in [0.5, 0.6) is 0 Å². The third-order valence-corrected chi connectivity index (χ3v) is 3.55. The van der Waals surface area contributed by atoms with Gasteiger partial charge in [0.1, 0.15) is 5.54 Å². The fourth-order valence-corrected chi connectivity index (χ4v) is 2.18. The maximum atomic E-state index is 11.9. The van der Waals surface area contributed by atoms with Gasteiger partial charge >= 0.3 is 5.97 Å². The molecule has 0 saturated carbocycles. The Balaban J connectivity index is 2.73. The monoisotopic (exact) mass is 228 g/mol. The number of nitrogens with one attached hydrogen (secondary N) is 1. The third-order valence-electron chi connectivity index (χ3n) is 3.55. The lowest BCUT2D eigenvalue weighted by atomic mass is 9.86. The standard InChI is InChI=1S/C12H24N2O2/c1-5-10(2)13-12(11(15)16-4)6-8-14(3)9-7-12/h10,13H,5-9H2,1-4H3. The normalized spacial score (nSPS) is 22.8. The van der Waals surface area contributed by atoms with Crippen molar-refractivity contribution in [3.8, 4) is 0 Å². The van der Waals surface area contributed by atoms with Crippen molar-refractivity contribution in [3.63, 3.8) is 0 Å². The average molecular weight is 228 g/mol. The molecule has 1 fully saturated rings. The largest absolute Gasteiger partial charge is 0.468 e. The van der Waals surface area contributed by atoms with E-state index in [2.05, 4.69) is 31.1 Å². The summed E-state index contributed by atoms with van der Waals surface area (Å²) in [7, 11) is 3.56. The zero-order valence-electron chi connectivity index (χ0n) is 10.9. The molecule has 1 atom stereocenters. The number of rotatable bonds is 4. The number of piperidine rings is 1. The summed E-state index contributed by atoms with van der Waals surface area (Å²) in [5.74, 6) is -0.110. The lowest BCUT2D eigenvalue weighted by molar-refractivity contribution is -0.151. The van der Waals surface area contributed by atoms with Gasteiger partial charge in [0.2, 0.25) is 0 Å². The topological polar surface area (TPSA) is 41.6 Å². The highest BCUT2D eigenvalue weighted by molar-refractivity contribution is 5.81. The summed E-state index contributed by atoms with van der Waals surface area (Å²) in [6.07, 6.45) is 2.69. The summed E-state index contributed by atoms with van der Waals surface area (Å²) in [5, 5.41) is 3.45. The molecule has 0 spiro atoms. The number of carbonyl (C=O) groups is 1. The maximum Gasteiger partial charge on any atom is 0.326 e. The van der Waals surface area contributed by atoms with E-state index in [1.807, 2.05) is 0 Å². The van der Waals surface area contributed by atoms with Gasteiger partial charge in [0.05, 0.1) is 7.11 Å². The van der Waals surface area contributed by atoms with E-state index in [9.17, 15) is 4.79 Å². The van der Waals surface area contributed by atoms with E-state index in [4.69, 9.17) is 4.74 Å². The van der Waals surface area contributed by atoms with Gasteiger partial charge in [-0.1, -0.05) is 6.92 Å². The predicted octanol–water partition coefficient (Wildman–Crippen LogP) is 1.01. The third kappa shape index (κ3) is 2.95. The van der Waals surface area contributed by atoms with Crippen LogP contribution < -0.4 is 5.32 Å². The van der Waals surface area contributed by atoms with Gasteiger partial charge in [-0.05, 0) is 33.2 Å². The van der Waals surface area contributed by atoms with Crippen LogP contribution >= 0.6 is 0 Å². The van der Waals surface area contributed by atoms with Crippen molar-refractivity contribution in [1.82, 2.24) is 10.2 Å². The van der Waals surface area contributed by atoms with Gasteiger partial charge in [0.25, 0.3) is 0 Å². The van der Waals surface area contributed by atoms with E-state index < -0.39 is 5.54 Å². The molecule has 1 saturated heterocycles. The molecule has 1 heterocycles. The molecule has 1 unspecified atom stereocenters. The smallest absolute Gasteiger partial charge is 0.326 e. The first-order chi connectivity index (χ1) is 7.54. The second-order valence-electron chi connectivity index (χ2n) is 4.83. The molecule has 0 aromatic rings. The van der Waals surface area contributed by atoms with Crippen LogP contribution in [0.25, 0.3) is 0 Å². The van der Waals surface area contributed by atoms with Gasteiger partial charge in [-0.15, -0.1) is 0 Å². The van der Waals surface area contributed by atoms with Gasteiger partial charge in [0, 0.05) is 19.1 Å². The number of esters is 1. The molecule has 4 nitrogen and oxygen atoms in total. The number of likely N-dealkylation sites (tertiary alicyclic amines) is 1. The van der Waals surface area contributed by atoms with Gasteiger partial charge in [-0.2, -0.15) is 0 Å². The van der Waals surface area contributed by atoms with Gasteiger partial charge in [-0.25, -0.2) is 0 Å². The molecule has 0 aromatic carbocycles. The number of ether oxygens (including phenoxy) is 1. The zero-order valence-corrected chi connectivity index (χ0v) is 10.9. The van der Waals surface area contributed by atoms with Crippen LogP contribution in [0.3, 0.4) is 0 Å². The quantitative estimate of drug-likeness (QED) is 0.729. The Labute approximate surface area is 98.3 Å². The van der Waals surface area contributed by atoms with E-state index in [1.165, 1.54) is 7.11 Å². The summed E-state index contributed by atoms with van der Waals surface area (Å²) < 4.78 is 4.95. The molecular formula is C12H24N2O2. The Kier molecular flexibility index (Phi) is 4.74. The lowest BCUT2D eigenvalue weighted by Crippen LogP contribution is -2.60. The Morgan fingerprint density at radius 1 is 1.50 bits per heavy atom. The molecule has 4 heteroatoms. The Bertz CT molecular complexity index is 235. The first-order valence-corrected chi connectivity index (χ1v) is 6.08. The first kappa shape index (κ1) is 13.5. The average Bonchev–Trinajstić information content (AvgIpc) is 2.31. The minimum absolute atomic E-state index is 0.110. The Hall–Kier alpha value is -0.610. The zero-order chi connectivity index (χ0) is 12.2. The summed E-state index contributed by atoms with van der Waals surface area (Å²) in [6, 6.07) is 0.350. The molecule has 0 aromatic heterocycles. The summed E-state index contributed by atoms with van der Waals surface area (Å²) in [6.45, 7) is 6.12. The fourth-order valence-electron chi connectivity index (χ4n) is 2.18. The second kappa shape index (κ2) is 5.64. The van der Waals surface area contributed by atoms with Gasteiger partial charge < -0.3 is 9.64 Å². The van der Waals surface area contributed by atoms with Crippen molar-refractivity contribution in [1.29, 1.82) is 0 Å². The van der Waals surface area contributed by atoms with E-state index in [1.54, 1.807) is 0 Å². The number of methoxy groups -OCH3 is 1. The van der Waals surface area contributed by atoms with Crippen molar-refractivity contribution in [3.05, 3.63) is 0 Å². The van der Waals surface area contributed by atoms with Crippen molar-refractivity contribution in [2.45, 2.75) is 44.7 Å². The summed E-state index contributed by atoms with van der Waals surface area (Å²) in [4.78, 5) is 14.2. The molecule has 1 N–H and O–H groups in total. The van der Waals surface area contributed by atoms with Crippen LogP contribution in [0.15, 0.2) is 0 Å². The van der Waals surface area contributed by atoms with Crippen LogP contribution in [0.2, 0.25) is 0 Å². The minimum atomic E-state index is -0.462. The number of nitrogens with zero attached hydrogens (tertiary/aromatic N) is 1. The highest BCUT2D eigenvalue weighted by atomic mass is 16.5. The van der Waals surface area contributed by atoms with Crippen LogP contribution in [0, 0.1) is 0 Å². The molecule has 0 aliphatic carbocycles. The lowest BCUT2D eigenvalue weighted by Gasteiger charge is -2.40. The molecular weight excluding hydrogens is 204 g/mol. The summed E-state index contributed by atoms with van der Waals surface area (Å²) >= 11 is 0. The minimum Gasteiger partial charge on any atom is -0.468 e.